The quantitative estimate of drug-likeness (QED) is 0.267. The van der Waals surface area contributed by atoms with Crippen molar-refractivity contribution in [3.8, 4) is 0 Å². The molecule has 0 aliphatic heterocycles. The van der Waals surface area contributed by atoms with Crippen LogP contribution in [0, 0.1) is 12.7 Å². The van der Waals surface area contributed by atoms with Crippen LogP contribution in [0.5, 0.6) is 0 Å². The van der Waals surface area contributed by atoms with E-state index in [0.29, 0.717) is 24.6 Å². The van der Waals surface area contributed by atoms with E-state index in [4.69, 9.17) is 0 Å². The highest BCUT2D eigenvalue weighted by Gasteiger charge is 2.04. The van der Waals surface area contributed by atoms with Crippen molar-refractivity contribution < 1.29 is 9.18 Å². The lowest BCUT2D eigenvalue weighted by Crippen LogP contribution is -2.36. The fourth-order valence-corrected chi connectivity index (χ4v) is 2.47. The van der Waals surface area contributed by atoms with Crippen molar-refractivity contribution in [2.75, 3.05) is 12.4 Å². The van der Waals surface area contributed by atoms with E-state index in [9.17, 15) is 9.18 Å². The van der Waals surface area contributed by atoms with Crippen molar-refractivity contribution in [3.05, 3.63) is 65.0 Å². The Hall–Kier alpha value is -2.36. The lowest BCUT2D eigenvalue weighted by molar-refractivity contribution is 0.250. The van der Waals surface area contributed by atoms with Gasteiger partial charge in [-0.2, -0.15) is 0 Å². The van der Waals surface area contributed by atoms with E-state index in [-0.39, 0.29) is 41.9 Å². The van der Waals surface area contributed by atoms with Crippen LogP contribution in [0.15, 0.2) is 47.5 Å². The van der Waals surface area contributed by atoms with Gasteiger partial charge in [0.2, 0.25) is 0 Å². The maximum absolute atomic E-state index is 13.6. The van der Waals surface area contributed by atoms with E-state index in [0.717, 1.165) is 16.8 Å². The summed E-state index contributed by atoms with van der Waals surface area (Å²) in [6.07, 6.45) is 0. The van der Waals surface area contributed by atoms with Crippen molar-refractivity contribution >= 4 is 41.7 Å². The molecule has 0 saturated carbocycles. The van der Waals surface area contributed by atoms with Gasteiger partial charge in [0.15, 0.2) is 5.96 Å². The van der Waals surface area contributed by atoms with E-state index < -0.39 is 0 Å². The number of nitrogens with one attached hydrogen (secondary N) is 4. The highest BCUT2D eigenvalue weighted by molar-refractivity contribution is 14.0. The van der Waals surface area contributed by atoms with Crippen LogP contribution in [0.1, 0.15) is 30.5 Å². The molecule has 0 radical (unpaired) electrons. The molecule has 4 N–H and O–H groups in total. The molecule has 158 valence electrons. The molecule has 0 aliphatic carbocycles. The number of nitrogens with zero attached hydrogens (tertiary/aromatic N) is 1. The van der Waals surface area contributed by atoms with E-state index in [2.05, 4.69) is 26.3 Å². The number of rotatable bonds is 6. The van der Waals surface area contributed by atoms with Crippen LogP contribution in [-0.4, -0.2) is 25.1 Å². The summed E-state index contributed by atoms with van der Waals surface area (Å²) in [7, 11) is 1.69. The van der Waals surface area contributed by atoms with Crippen LogP contribution in [-0.2, 0) is 13.1 Å². The Morgan fingerprint density at radius 1 is 1.03 bits per heavy atom. The second-order valence-electron chi connectivity index (χ2n) is 6.81. The summed E-state index contributed by atoms with van der Waals surface area (Å²) in [5, 5.41) is 11.9. The summed E-state index contributed by atoms with van der Waals surface area (Å²) >= 11 is 0. The number of benzene rings is 2. The standard InChI is InChI=1S/C21H28FN5O.HI/c1-14(2)26-21(28)27-18-9-7-16(8-10-18)12-24-20(23-4)25-13-17-6-5-15(3)19(22)11-17;/h5-11,14H,12-13H2,1-4H3,(H2,23,24,25)(H2,26,27,28);1H. The first kappa shape index (κ1) is 24.7. The minimum absolute atomic E-state index is 0. The van der Waals surface area contributed by atoms with Crippen LogP contribution >= 0.6 is 24.0 Å². The number of aliphatic imine (C=N–C) groups is 1. The first-order valence-corrected chi connectivity index (χ1v) is 9.23. The normalized spacial score (nSPS) is 10.9. The molecule has 0 bridgehead atoms. The Balaban J connectivity index is 0.00000420. The maximum Gasteiger partial charge on any atom is 0.319 e. The fourth-order valence-electron chi connectivity index (χ4n) is 2.47. The molecule has 8 heteroatoms. The van der Waals surface area contributed by atoms with Crippen molar-refractivity contribution in [1.29, 1.82) is 0 Å². The Morgan fingerprint density at radius 2 is 1.62 bits per heavy atom. The van der Waals surface area contributed by atoms with E-state index >= 15 is 0 Å². The second-order valence-corrected chi connectivity index (χ2v) is 6.81. The molecule has 0 saturated heterocycles. The van der Waals surface area contributed by atoms with Gasteiger partial charge in [0.1, 0.15) is 5.82 Å². The molecule has 0 heterocycles. The van der Waals surface area contributed by atoms with Gasteiger partial charge in [-0.3, -0.25) is 4.99 Å². The van der Waals surface area contributed by atoms with Crippen molar-refractivity contribution in [3.63, 3.8) is 0 Å². The molecule has 2 amide bonds. The van der Waals surface area contributed by atoms with Gasteiger partial charge in [-0.25, -0.2) is 9.18 Å². The van der Waals surface area contributed by atoms with Gasteiger partial charge in [-0.1, -0.05) is 24.3 Å². The molecule has 0 aliphatic rings. The number of carbonyl (C=O) groups excluding carboxylic acids is 1. The lowest BCUT2D eigenvalue weighted by Gasteiger charge is -2.13. The fraction of sp³-hybridized carbons (Fsp3) is 0.333. The Kier molecular flexibility index (Phi) is 10.4. The Bertz CT molecular complexity index is 824. The van der Waals surface area contributed by atoms with Gasteiger partial charge in [-0.15, -0.1) is 24.0 Å². The Morgan fingerprint density at radius 3 is 2.17 bits per heavy atom. The third-order valence-electron chi connectivity index (χ3n) is 4.01. The number of anilines is 1. The summed E-state index contributed by atoms with van der Waals surface area (Å²) < 4.78 is 13.6. The smallest absolute Gasteiger partial charge is 0.319 e. The predicted octanol–water partition coefficient (Wildman–Crippen LogP) is 4.15. The summed E-state index contributed by atoms with van der Waals surface area (Å²) in [5.41, 5.74) is 3.25. The number of urea groups is 1. The van der Waals surface area contributed by atoms with E-state index in [1.165, 1.54) is 6.07 Å². The zero-order valence-corrected chi connectivity index (χ0v) is 19.5. The summed E-state index contributed by atoms with van der Waals surface area (Å²) in [4.78, 5) is 15.9. The molecule has 6 nitrogen and oxygen atoms in total. The SMILES string of the molecule is CN=C(NCc1ccc(NC(=O)NC(C)C)cc1)NCc1ccc(C)c(F)c1.I. The largest absolute Gasteiger partial charge is 0.352 e. The minimum Gasteiger partial charge on any atom is -0.352 e. The molecule has 2 rings (SSSR count). The number of hydrogen-bond acceptors (Lipinski definition) is 2. The summed E-state index contributed by atoms with van der Waals surface area (Å²) in [6.45, 7) is 6.60. The van der Waals surface area contributed by atoms with Crippen LogP contribution in [0.3, 0.4) is 0 Å². The average molecular weight is 513 g/mol. The van der Waals surface area contributed by atoms with Crippen LogP contribution < -0.4 is 21.3 Å². The number of halogens is 2. The van der Waals surface area contributed by atoms with E-state index in [1.807, 2.05) is 44.2 Å². The van der Waals surface area contributed by atoms with Crippen LogP contribution in [0.25, 0.3) is 0 Å². The summed E-state index contributed by atoms with van der Waals surface area (Å²) in [6, 6.07) is 12.6. The number of guanidine groups is 1. The minimum atomic E-state index is -0.224. The molecule has 2 aromatic carbocycles. The molecular weight excluding hydrogens is 484 g/mol. The van der Waals surface area contributed by atoms with Gasteiger partial charge in [0, 0.05) is 31.9 Å². The molecule has 29 heavy (non-hydrogen) atoms. The lowest BCUT2D eigenvalue weighted by atomic mass is 10.1. The highest BCUT2D eigenvalue weighted by atomic mass is 127. The maximum atomic E-state index is 13.6. The second kappa shape index (κ2) is 12.3. The zero-order chi connectivity index (χ0) is 20.5. The molecular formula is C21H29FIN5O. The first-order valence-electron chi connectivity index (χ1n) is 9.23. The van der Waals surface area contributed by atoms with Crippen molar-refractivity contribution in [1.82, 2.24) is 16.0 Å². The van der Waals surface area contributed by atoms with Crippen molar-refractivity contribution in [2.24, 2.45) is 4.99 Å². The van der Waals surface area contributed by atoms with Gasteiger partial charge in [0.25, 0.3) is 0 Å². The number of carbonyl (C=O) groups is 1. The third kappa shape index (κ3) is 8.68. The molecule has 0 atom stereocenters. The first-order chi connectivity index (χ1) is 13.4. The predicted molar refractivity (Wildman–Crippen MR) is 127 cm³/mol. The van der Waals surface area contributed by atoms with Gasteiger partial charge < -0.3 is 21.3 Å². The number of aryl methyl sites for hydroxylation is 1. The topological polar surface area (TPSA) is 77.5 Å². The highest BCUT2D eigenvalue weighted by Crippen LogP contribution is 2.10. The molecule has 0 fully saturated rings. The van der Waals surface area contributed by atoms with Gasteiger partial charge in [-0.05, 0) is 55.7 Å². The monoisotopic (exact) mass is 513 g/mol. The summed E-state index contributed by atoms with van der Waals surface area (Å²) in [5.74, 6) is 0.414. The van der Waals surface area contributed by atoms with Crippen molar-refractivity contribution in [2.45, 2.75) is 39.9 Å². The van der Waals surface area contributed by atoms with Crippen LogP contribution in [0.2, 0.25) is 0 Å². The molecule has 0 aromatic heterocycles. The van der Waals surface area contributed by atoms with Crippen LogP contribution in [0.4, 0.5) is 14.9 Å². The average Bonchev–Trinajstić information content (AvgIpc) is 2.65. The Labute approximate surface area is 188 Å². The number of amides is 2. The molecule has 0 unspecified atom stereocenters. The third-order valence-corrected chi connectivity index (χ3v) is 4.01. The van der Waals surface area contributed by atoms with Gasteiger partial charge in [0.05, 0.1) is 0 Å². The molecule has 0 spiro atoms. The van der Waals surface area contributed by atoms with E-state index in [1.54, 1.807) is 20.0 Å². The van der Waals surface area contributed by atoms with Gasteiger partial charge >= 0.3 is 6.03 Å². The number of hydrogen-bond donors (Lipinski definition) is 4. The zero-order valence-electron chi connectivity index (χ0n) is 17.2. The molecule has 2 aromatic rings.